The number of nitrogens with zero attached hydrogens (tertiary/aromatic N) is 3. The predicted molar refractivity (Wildman–Crippen MR) is 132 cm³/mol. The van der Waals surface area contributed by atoms with E-state index in [1.54, 1.807) is 54.0 Å². The fourth-order valence-electron chi connectivity index (χ4n) is 3.42. The summed E-state index contributed by atoms with van der Waals surface area (Å²) in [7, 11) is 0. The van der Waals surface area contributed by atoms with E-state index in [2.05, 4.69) is 25.9 Å². The van der Waals surface area contributed by atoms with Gasteiger partial charge in [-0.05, 0) is 36.4 Å². The molecule has 0 saturated carbocycles. The highest BCUT2D eigenvalue weighted by atomic mass is 35.5. The Balaban J connectivity index is 1.39. The second-order valence-corrected chi connectivity index (χ2v) is 8.05. The zero-order valence-electron chi connectivity index (χ0n) is 18.6. The lowest BCUT2D eigenvalue weighted by molar-refractivity contribution is -0.118. The molecule has 1 saturated heterocycles. The Labute approximate surface area is 206 Å². The van der Waals surface area contributed by atoms with Crippen LogP contribution in [0.1, 0.15) is 10.4 Å². The molecule has 2 heterocycles. The molecule has 1 fully saturated rings. The molecule has 12 heteroatoms. The first-order chi connectivity index (χ1) is 17.0. The molecule has 2 amide bonds. The van der Waals surface area contributed by atoms with Gasteiger partial charge in [-0.2, -0.15) is 4.98 Å². The predicted octanol–water partition coefficient (Wildman–Crippen LogP) is 3.01. The number of hydrogen-bond acceptors (Lipinski definition) is 9. The molecule has 2 aromatic carbocycles. The van der Waals surface area contributed by atoms with Gasteiger partial charge in [-0.25, -0.2) is 10.5 Å². The van der Waals surface area contributed by atoms with E-state index < -0.39 is 5.91 Å². The Hall–Kier alpha value is -3.77. The van der Waals surface area contributed by atoms with Gasteiger partial charge in [-0.1, -0.05) is 23.7 Å². The second kappa shape index (κ2) is 11.6. The number of hydroxylamine groups is 1. The Morgan fingerprint density at radius 3 is 2.49 bits per heavy atom. The van der Waals surface area contributed by atoms with Crippen LogP contribution in [0, 0.1) is 0 Å². The summed E-state index contributed by atoms with van der Waals surface area (Å²) in [6.45, 7) is 3.09. The van der Waals surface area contributed by atoms with E-state index in [1.165, 1.54) is 6.20 Å². The van der Waals surface area contributed by atoms with Crippen LogP contribution in [0.15, 0.2) is 54.7 Å². The Morgan fingerprint density at radius 1 is 1.03 bits per heavy atom. The lowest BCUT2D eigenvalue weighted by Crippen LogP contribution is -2.41. The van der Waals surface area contributed by atoms with E-state index >= 15 is 0 Å². The number of rotatable bonds is 8. The first-order valence-corrected chi connectivity index (χ1v) is 11.2. The molecule has 0 aliphatic carbocycles. The van der Waals surface area contributed by atoms with Crippen LogP contribution in [0.3, 0.4) is 0 Å². The number of anilines is 5. The van der Waals surface area contributed by atoms with Gasteiger partial charge in [-0.3, -0.25) is 19.7 Å². The third-order valence-electron chi connectivity index (χ3n) is 5.17. The lowest BCUT2D eigenvalue weighted by atomic mass is 10.1. The van der Waals surface area contributed by atoms with Crippen molar-refractivity contribution in [2.24, 2.45) is 0 Å². The molecular weight excluding hydrogens is 474 g/mol. The number of aromatic nitrogens is 2. The van der Waals surface area contributed by atoms with Crippen molar-refractivity contribution in [3.8, 4) is 0 Å². The van der Waals surface area contributed by atoms with Crippen LogP contribution in [0.2, 0.25) is 5.02 Å². The fraction of sp³-hybridized carbons (Fsp3) is 0.217. The minimum Gasteiger partial charge on any atom is -0.379 e. The summed E-state index contributed by atoms with van der Waals surface area (Å²) in [5.41, 5.74) is 3.60. The molecule has 11 nitrogen and oxygen atoms in total. The van der Waals surface area contributed by atoms with Gasteiger partial charge >= 0.3 is 0 Å². The maximum atomic E-state index is 12.3. The summed E-state index contributed by atoms with van der Waals surface area (Å²) < 4.78 is 5.30. The number of carbonyl (C=O) groups excluding carboxylic acids is 2. The maximum absolute atomic E-state index is 12.3. The molecule has 0 radical (unpaired) electrons. The summed E-state index contributed by atoms with van der Waals surface area (Å²) in [5.74, 6) is -0.215. The molecule has 1 aromatic heterocycles. The zero-order valence-corrected chi connectivity index (χ0v) is 19.4. The highest BCUT2D eigenvalue weighted by Gasteiger charge is 2.15. The molecule has 0 atom stereocenters. The number of para-hydroxylation sites is 1. The van der Waals surface area contributed by atoms with Crippen molar-refractivity contribution in [3.05, 3.63) is 65.3 Å². The normalized spacial score (nSPS) is 13.7. The number of amides is 2. The van der Waals surface area contributed by atoms with Crippen LogP contribution in [0.25, 0.3) is 0 Å². The van der Waals surface area contributed by atoms with Gasteiger partial charge in [0.05, 0.1) is 37.2 Å². The van der Waals surface area contributed by atoms with Crippen LogP contribution in [-0.4, -0.2) is 64.7 Å². The maximum Gasteiger partial charge on any atom is 0.276 e. The van der Waals surface area contributed by atoms with Gasteiger partial charge in [-0.15, -0.1) is 0 Å². The largest absolute Gasteiger partial charge is 0.379 e. The summed E-state index contributed by atoms with van der Waals surface area (Å²) in [6, 6.07) is 13.7. The van der Waals surface area contributed by atoms with Crippen LogP contribution in [0.4, 0.5) is 28.8 Å². The molecule has 182 valence electrons. The number of morpholine rings is 1. The minimum atomic E-state index is -0.672. The smallest absolute Gasteiger partial charge is 0.276 e. The molecule has 5 N–H and O–H groups in total. The van der Waals surface area contributed by atoms with Gasteiger partial charge in [0.15, 0.2) is 5.82 Å². The van der Waals surface area contributed by atoms with Crippen molar-refractivity contribution < 1.29 is 19.5 Å². The van der Waals surface area contributed by atoms with Crippen LogP contribution in [0.5, 0.6) is 0 Å². The number of nitrogens with one attached hydrogen (secondary N) is 4. The van der Waals surface area contributed by atoms with Gasteiger partial charge < -0.3 is 20.7 Å². The molecule has 0 spiro atoms. The van der Waals surface area contributed by atoms with Gasteiger partial charge in [0.2, 0.25) is 11.9 Å². The monoisotopic (exact) mass is 497 g/mol. The first kappa shape index (κ1) is 24.4. The van der Waals surface area contributed by atoms with Gasteiger partial charge in [0.25, 0.3) is 5.91 Å². The Kier molecular flexibility index (Phi) is 8.06. The van der Waals surface area contributed by atoms with Crippen molar-refractivity contribution in [3.63, 3.8) is 0 Å². The van der Waals surface area contributed by atoms with Crippen LogP contribution < -0.4 is 21.4 Å². The van der Waals surface area contributed by atoms with E-state index in [9.17, 15) is 9.59 Å². The van der Waals surface area contributed by atoms with E-state index in [1.807, 2.05) is 4.90 Å². The SMILES string of the molecule is O=C(CN1CCOCC1)Nc1ccc(Nc2ncc(Cl)c(Nc3ccccc3C(=O)NO)n2)cc1. The quantitative estimate of drug-likeness (QED) is 0.234. The number of benzene rings is 2. The average Bonchev–Trinajstić information content (AvgIpc) is 2.87. The lowest BCUT2D eigenvalue weighted by Gasteiger charge is -2.25. The number of carbonyl (C=O) groups is 2. The van der Waals surface area contributed by atoms with Crippen molar-refractivity contribution in [1.29, 1.82) is 0 Å². The molecule has 1 aliphatic rings. The topological polar surface area (TPSA) is 141 Å². The van der Waals surface area contributed by atoms with Crippen molar-refractivity contribution in [1.82, 2.24) is 20.3 Å². The molecule has 0 bridgehead atoms. The van der Waals surface area contributed by atoms with Crippen LogP contribution >= 0.6 is 11.6 Å². The summed E-state index contributed by atoms with van der Waals surface area (Å²) in [6.07, 6.45) is 1.42. The third kappa shape index (κ3) is 6.64. The van der Waals surface area contributed by atoms with E-state index in [4.69, 9.17) is 21.5 Å². The Bertz CT molecular complexity index is 1190. The highest BCUT2D eigenvalue weighted by molar-refractivity contribution is 6.33. The standard InChI is InChI=1S/C23H24ClN7O4/c24-18-13-25-23(29-21(18)28-19-4-2-1-3-17(19)22(33)30-34)27-16-7-5-15(6-8-16)26-20(32)14-31-9-11-35-12-10-31/h1-8,13,34H,9-12,14H2,(H,26,32)(H,30,33)(H2,25,27,28,29). The number of hydrogen-bond donors (Lipinski definition) is 5. The molecule has 1 aliphatic heterocycles. The van der Waals surface area contributed by atoms with E-state index in [0.717, 1.165) is 13.1 Å². The fourth-order valence-corrected chi connectivity index (χ4v) is 3.56. The van der Waals surface area contributed by atoms with Crippen molar-refractivity contribution in [2.45, 2.75) is 0 Å². The van der Waals surface area contributed by atoms with Gasteiger partial charge in [0.1, 0.15) is 5.02 Å². The first-order valence-electron chi connectivity index (χ1n) is 10.8. The molecule has 4 rings (SSSR count). The zero-order chi connectivity index (χ0) is 24.6. The minimum absolute atomic E-state index is 0.0838. The molecule has 35 heavy (non-hydrogen) atoms. The Morgan fingerprint density at radius 2 is 1.74 bits per heavy atom. The molecular formula is C23H24ClN7O4. The second-order valence-electron chi connectivity index (χ2n) is 7.64. The number of halogens is 1. The van der Waals surface area contributed by atoms with Gasteiger partial charge in [0, 0.05) is 24.5 Å². The highest BCUT2D eigenvalue weighted by Crippen LogP contribution is 2.27. The van der Waals surface area contributed by atoms with Crippen molar-refractivity contribution in [2.75, 3.05) is 48.8 Å². The van der Waals surface area contributed by atoms with E-state index in [0.29, 0.717) is 36.8 Å². The summed E-state index contributed by atoms with van der Waals surface area (Å²) in [5, 5.41) is 18.2. The van der Waals surface area contributed by atoms with Crippen molar-refractivity contribution >= 4 is 52.2 Å². The average molecular weight is 498 g/mol. The molecule has 3 aromatic rings. The number of ether oxygens (including phenoxy) is 1. The molecule has 0 unspecified atom stereocenters. The third-order valence-corrected chi connectivity index (χ3v) is 5.44. The van der Waals surface area contributed by atoms with E-state index in [-0.39, 0.29) is 28.3 Å². The summed E-state index contributed by atoms with van der Waals surface area (Å²) in [4.78, 5) is 34.8. The van der Waals surface area contributed by atoms with Crippen LogP contribution in [-0.2, 0) is 9.53 Å². The summed E-state index contributed by atoms with van der Waals surface area (Å²) >= 11 is 6.24.